The third kappa shape index (κ3) is 4.95. The van der Waals surface area contributed by atoms with Crippen molar-refractivity contribution in [3.05, 3.63) is 52.8 Å². The van der Waals surface area contributed by atoms with Crippen LogP contribution in [0.2, 0.25) is 0 Å². The lowest BCUT2D eigenvalue weighted by Gasteiger charge is -2.07. The van der Waals surface area contributed by atoms with Crippen molar-refractivity contribution in [3.63, 3.8) is 0 Å². The van der Waals surface area contributed by atoms with Crippen LogP contribution in [0, 0.1) is 13.8 Å². The maximum Gasteiger partial charge on any atom is 0.220 e. The van der Waals surface area contributed by atoms with Gasteiger partial charge in [0.2, 0.25) is 5.91 Å². The number of hydrogen-bond donors (Lipinski definition) is 1. The van der Waals surface area contributed by atoms with Crippen LogP contribution in [0.25, 0.3) is 0 Å². The lowest BCUT2D eigenvalue weighted by atomic mass is 10.1. The molecule has 0 spiro atoms. The van der Waals surface area contributed by atoms with Gasteiger partial charge in [0, 0.05) is 24.2 Å². The summed E-state index contributed by atoms with van der Waals surface area (Å²) < 4.78 is 2.02. The van der Waals surface area contributed by atoms with Gasteiger partial charge in [0.25, 0.3) is 0 Å². The van der Waals surface area contributed by atoms with Gasteiger partial charge in [-0.25, -0.2) is 0 Å². The van der Waals surface area contributed by atoms with Gasteiger partial charge in [0.15, 0.2) is 0 Å². The molecule has 0 saturated carbocycles. The van der Waals surface area contributed by atoms with Gasteiger partial charge in [-0.1, -0.05) is 50.1 Å². The first-order valence-electron chi connectivity index (χ1n) is 8.45. The third-order valence-electron chi connectivity index (χ3n) is 4.18. The first-order valence-corrected chi connectivity index (χ1v) is 8.45. The molecule has 1 aromatic carbocycles. The fourth-order valence-electron chi connectivity index (χ4n) is 2.71. The van der Waals surface area contributed by atoms with Crippen LogP contribution in [0.15, 0.2) is 30.3 Å². The van der Waals surface area contributed by atoms with Crippen molar-refractivity contribution in [2.24, 2.45) is 0 Å². The van der Waals surface area contributed by atoms with E-state index in [1.54, 1.807) is 0 Å². The van der Waals surface area contributed by atoms with Gasteiger partial charge in [0.05, 0.1) is 12.2 Å². The summed E-state index contributed by atoms with van der Waals surface area (Å²) in [5.74, 6) is 0.132. The molecular weight excluding hydrogens is 286 g/mol. The van der Waals surface area contributed by atoms with E-state index in [9.17, 15) is 4.79 Å². The van der Waals surface area contributed by atoms with Crippen LogP contribution < -0.4 is 5.32 Å². The Morgan fingerprint density at radius 1 is 1.17 bits per heavy atom. The van der Waals surface area contributed by atoms with Crippen LogP contribution in [-0.4, -0.2) is 15.7 Å². The number of hydrogen-bond acceptors (Lipinski definition) is 2. The van der Waals surface area contributed by atoms with Crippen LogP contribution in [0.4, 0.5) is 0 Å². The Hall–Kier alpha value is -2.10. The highest BCUT2D eigenvalue weighted by molar-refractivity contribution is 5.75. The number of aryl methyl sites for hydroxylation is 1. The van der Waals surface area contributed by atoms with Gasteiger partial charge >= 0.3 is 0 Å². The van der Waals surface area contributed by atoms with Crippen LogP contribution in [-0.2, 0) is 17.9 Å². The van der Waals surface area contributed by atoms with Crippen molar-refractivity contribution in [2.45, 2.75) is 59.5 Å². The van der Waals surface area contributed by atoms with Gasteiger partial charge in [-0.2, -0.15) is 5.10 Å². The van der Waals surface area contributed by atoms with Gasteiger partial charge in [-0.05, 0) is 25.8 Å². The molecule has 2 rings (SSSR count). The van der Waals surface area contributed by atoms with Crippen LogP contribution in [0.1, 0.15) is 55.1 Å². The molecule has 0 aliphatic rings. The number of amides is 1. The van der Waals surface area contributed by atoms with Gasteiger partial charge in [0.1, 0.15) is 0 Å². The van der Waals surface area contributed by atoms with Gasteiger partial charge in [-0.15, -0.1) is 0 Å². The lowest BCUT2D eigenvalue weighted by Crippen LogP contribution is -2.23. The lowest BCUT2D eigenvalue weighted by molar-refractivity contribution is -0.121. The first-order chi connectivity index (χ1) is 11.1. The second-order valence-corrected chi connectivity index (χ2v) is 6.03. The summed E-state index contributed by atoms with van der Waals surface area (Å²) in [6, 6.07) is 10.3. The maximum absolute atomic E-state index is 11.9. The van der Waals surface area contributed by atoms with Crippen molar-refractivity contribution >= 4 is 5.91 Å². The SMILES string of the molecule is CCCCCC(=O)NCc1c(C)nn(Cc2ccccc2)c1C. The molecular formula is C19H27N3O. The van der Waals surface area contributed by atoms with Crippen molar-refractivity contribution in [2.75, 3.05) is 0 Å². The molecule has 0 aliphatic carbocycles. The summed E-state index contributed by atoms with van der Waals surface area (Å²) in [6.07, 6.45) is 3.83. The molecule has 0 bridgehead atoms. The van der Waals surface area contributed by atoms with E-state index in [-0.39, 0.29) is 5.91 Å². The zero-order valence-corrected chi connectivity index (χ0v) is 14.4. The highest BCUT2D eigenvalue weighted by Crippen LogP contribution is 2.15. The van der Waals surface area contributed by atoms with Gasteiger partial charge < -0.3 is 5.32 Å². The Balaban J connectivity index is 1.96. The Bertz CT molecular complexity index is 632. The average molecular weight is 313 g/mol. The summed E-state index contributed by atoms with van der Waals surface area (Å²) >= 11 is 0. The molecule has 4 heteroatoms. The highest BCUT2D eigenvalue weighted by Gasteiger charge is 2.12. The number of benzene rings is 1. The average Bonchev–Trinajstić information content (AvgIpc) is 2.80. The van der Waals surface area contributed by atoms with E-state index in [0.717, 1.165) is 42.8 Å². The molecule has 0 saturated heterocycles. The topological polar surface area (TPSA) is 46.9 Å². The zero-order chi connectivity index (χ0) is 16.7. The molecule has 0 radical (unpaired) electrons. The molecule has 0 atom stereocenters. The fourth-order valence-corrected chi connectivity index (χ4v) is 2.71. The summed E-state index contributed by atoms with van der Waals surface area (Å²) in [7, 11) is 0. The number of unbranched alkanes of at least 4 members (excludes halogenated alkanes) is 2. The quantitative estimate of drug-likeness (QED) is 0.755. The monoisotopic (exact) mass is 313 g/mol. The van der Waals surface area contributed by atoms with E-state index in [0.29, 0.717) is 13.0 Å². The molecule has 4 nitrogen and oxygen atoms in total. The van der Waals surface area contributed by atoms with E-state index in [2.05, 4.69) is 36.4 Å². The molecule has 1 N–H and O–H groups in total. The minimum absolute atomic E-state index is 0.132. The molecule has 2 aromatic rings. The summed E-state index contributed by atoms with van der Waals surface area (Å²) in [6.45, 7) is 7.55. The second-order valence-electron chi connectivity index (χ2n) is 6.03. The van der Waals surface area contributed by atoms with Crippen molar-refractivity contribution in [1.29, 1.82) is 0 Å². The Morgan fingerprint density at radius 2 is 1.91 bits per heavy atom. The Labute approximate surface area is 138 Å². The van der Waals surface area contributed by atoms with E-state index >= 15 is 0 Å². The zero-order valence-electron chi connectivity index (χ0n) is 14.4. The summed E-state index contributed by atoms with van der Waals surface area (Å²) in [5.41, 5.74) is 4.48. The standard InChI is InChI=1S/C19H27N3O/c1-4-5-7-12-19(23)20-13-18-15(2)21-22(16(18)3)14-17-10-8-6-9-11-17/h6,8-11H,4-5,7,12-14H2,1-3H3,(H,20,23). The van der Waals surface area contributed by atoms with Crippen molar-refractivity contribution in [1.82, 2.24) is 15.1 Å². The number of nitrogens with one attached hydrogen (secondary N) is 1. The predicted molar refractivity (Wildman–Crippen MR) is 93.2 cm³/mol. The van der Waals surface area contributed by atoms with Gasteiger partial charge in [-0.3, -0.25) is 9.48 Å². The number of carbonyl (C=O) groups excluding carboxylic acids is 1. The smallest absolute Gasteiger partial charge is 0.220 e. The molecule has 1 amide bonds. The fraction of sp³-hybridized carbons (Fsp3) is 0.474. The second kappa shape index (κ2) is 8.51. The Kier molecular flexibility index (Phi) is 6.39. The third-order valence-corrected chi connectivity index (χ3v) is 4.18. The minimum Gasteiger partial charge on any atom is -0.352 e. The molecule has 0 aliphatic heterocycles. The number of carbonyl (C=O) groups is 1. The van der Waals surface area contributed by atoms with E-state index < -0.39 is 0 Å². The summed E-state index contributed by atoms with van der Waals surface area (Å²) in [5, 5.41) is 7.65. The Morgan fingerprint density at radius 3 is 2.61 bits per heavy atom. The highest BCUT2D eigenvalue weighted by atomic mass is 16.1. The van der Waals surface area contributed by atoms with Crippen LogP contribution in [0.5, 0.6) is 0 Å². The number of aromatic nitrogens is 2. The molecule has 0 unspecified atom stereocenters. The van der Waals surface area contributed by atoms with E-state index in [4.69, 9.17) is 0 Å². The number of nitrogens with zero attached hydrogens (tertiary/aromatic N) is 2. The first kappa shape index (κ1) is 17.3. The van der Waals surface area contributed by atoms with Crippen LogP contribution in [0.3, 0.4) is 0 Å². The normalized spacial score (nSPS) is 10.7. The molecule has 1 heterocycles. The molecule has 1 aromatic heterocycles. The maximum atomic E-state index is 11.9. The van der Waals surface area contributed by atoms with E-state index in [1.807, 2.05) is 29.8 Å². The van der Waals surface area contributed by atoms with E-state index in [1.165, 1.54) is 5.56 Å². The number of rotatable bonds is 8. The summed E-state index contributed by atoms with van der Waals surface area (Å²) in [4.78, 5) is 11.9. The minimum atomic E-state index is 0.132. The van der Waals surface area contributed by atoms with Crippen LogP contribution >= 0.6 is 0 Å². The van der Waals surface area contributed by atoms with Crippen molar-refractivity contribution in [3.8, 4) is 0 Å². The predicted octanol–water partition coefficient (Wildman–Crippen LogP) is 3.74. The molecule has 0 fully saturated rings. The molecule has 23 heavy (non-hydrogen) atoms. The molecule has 124 valence electrons. The largest absolute Gasteiger partial charge is 0.352 e. The van der Waals surface area contributed by atoms with Crippen molar-refractivity contribution < 1.29 is 4.79 Å².